The van der Waals surface area contributed by atoms with E-state index in [1.807, 2.05) is 7.11 Å². The number of hydrogen-bond acceptors (Lipinski definition) is 3. The van der Waals surface area contributed by atoms with Gasteiger partial charge in [0.25, 0.3) is 0 Å². The lowest BCUT2D eigenvalue weighted by Crippen LogP contribution is -2.32. The Labute approximate surface area is 91.7 Å². The van der Waals surface area contributed by atoms with Crippen LogP contribution in [0, 0.1) is 17.3 Å². The summed E-state index contributed by atoms with van der Waals surface area (Å²) in [5.74, 6) is 1.65. The molecule has 3 nitrogen and oxygen atoms in total. The van der Waals surface area contributed by atoms with Crippen LogP contribution >= 0.6 is 0 Å². The Kier molecular flexibility index (Phi) is 2.49. The second-order valence-corrected chi connectivity index (χ2v) is 5.68. The number of fused-ring (bicyclic) bond motifs is 1. The van der Waals surface area contributed by atoms with Gasteiger partial charge in [-0.2, -0.15) is 0 Å². The van der Waals surface area contributed by atoms with Crippen molar-refractivity contribution in [1.29, 1.82) is 0 Å². The molecule has 2 unspecified atom stereocenters. The summed E-state index contributed by atoms with van der Waals surface area (Å²) in [6.07, 6.45) is 2.73. The summed E-state index contributed by atoms with van der Waals surface area (Å²) in [4.78, 5) is 2.64. The van der Waals surface area contributed by atoms with Gasteiger partial charge in [0.1, 0.15) is 0 Å². The van der Waals surface area contributed by atoms with E-state index in [1.165, 1.54) is 32.5 Å². The van der Waals surface area contributed by atoms with Gasteiger partial charge in [0, 0.05) is 44.0 Å². The molecule has 0 amide bonds. The Bertz CT molecular complexity index is 228. The fourth-order valence-electron chi connectivity index (χ4n) is 3.22. The predicted octanol–water partition coefficient (Wildman–Crippen LogP) is 0.991. The summed E-state index contributed by atoms with van der Waals surface area (Å²) in [6.45, 7) is 6.73. The molecule has 3 heteroatoms. The van der Waals surface area contributed by atoms with E-state index < -0.39 is 0 Å². The predicted molar refractivity (Wildman–Crippen MR) is 57.8 cm³/mol. The Morgan fingerprint density at radius 2 is 1.93 bits per heavy atom. The highest BCUT2D eigenvalue weighted by Gasteiger charge is 2.46. The molecule has 2 saturated heterocycles. The molecule has 2 atom stereocenters. The van der Waals surface area contributed by atoms with Crippen LogP contribution in [0.5, 0.6) is 0 Å². The van der Waals surface area contributed by atoms with Crippen molar-refractivity contribution < 1.29 is 9.47 Å². The molecule has 3 aliphatic rings. The zero-order valence-corrected chi connectivity index (χ0v) is 9.58. The van der Waals surface area contributed by atoms with Gasteiger partial charge in [-0.15, -0.1) is 0 Å². The van der Waals surface area contributed by atoms with Crippen molar-refractivity contribution in [1.82, 2.24) is 4.90 Å². The average molecular weight is 211 g/mol. The van der Waals surface area contributed by atoms with E-state index in [9.17, 15) is 0 Å². The Morgan fingerprint density at radius 3 is 2.47 bits per heavy atom. The number of methoxy groups -OCH3 is 1. The second kappa shape index (κ2) is 3.72. The number of rotatable bonds is 4. The molecule has 3 rings (SSSR count). The first-order valence-electron chi connectivity index (χ1n) is 6.10. The van der Waals surface area contributed by atoms with Crippen LogP contribution in [0.15, 0.2) is 0 Å². The Hall–Kier alpha value is -0.120. The van der Waals surface area contributed by atoms with Gasteiger partial charge >= 0.3 is 0 Å². The zero-order valence-electron chi connectivity index (χ0n) is 9.58. The molecule has 0 aromatic heterocycles. The van der Waals surface area contributed by atoms with Crippen LogP contribution in [-0.2, 0) is 9.47 Å². The number of hydrogen-bond donors (Lipinski definition) is 0. The van der Waals surface area contributed by atoms with Crippen molar-refractivity contribution in [3.63, 3.8) is 0 Å². The van der Waals surface area contributed by atoms with Crippen molar-refractivity contribution in [3.8, 4) is 0 Å². The number of nitrogens with zero attached hydrogens (tertiary/aromatic N) is 1. The zero-order chi connectivity index (χ0) is 10.3. The molecule has 0 aromatic rings. The van der Waals surface area contributed by atoms with Crippen LogP contribution < -0.4 is 0 Å². The van der Waals surface area contributed by atoms with Gasteiger partial charge < -0.3 is 14.4 Å². The van der Waals surface area contributed by atoms with Gasteiger partial charge in [0.05, 0.1) is 19.8 Å². The first-order chi connectivity index (χ1) is 7.31. The van der Waals surface area contributed by atoms with Crippen LogP contribution in [-0.4, -0.2) is 51.5 Å². The largest absolute Gasteiger partial charge is 0.384 e. The van der Waals surface area contributed by atoms with Crippen molar-refractivity contribution in [2.45, 2.75) is 12.8 Å². The average Bonchev–Trinajstić information content (AvgIpc) is 2.65. The molecule has 1 aliphatic carbocycles. The first kappa shape index (κ1) is 10.1. The van der Waals surface area contributed by atoms with Crippen LogP contribution in [0.4, 0.5) is 0 Å². The van der Waals surface area contributed by atoms with E-state index in [4.69, 9.17) is 9.47 Å². The van der Waals surface area contributed by atoms with Crippen LogP contribution in [0.3, 0.4) is 0 Å². The van der Waals surface area contributed by atoms with Gasteiger partial charge in [-0.3, -0.25) is 0 Å². The van der Waals surface area contributed by atoms with Crippen LogP contribution in [0.2, 0.25) is 0 Å². The summed E-state index contributed by atoms with van der Waals surface area (Å²) in [5.41, 5.74) is 0.522. The lowest BCUT2D eigenvalue weighted by molar-refractivity contribution is 0.103. The second-order valence-electron chi connectivity index (χ2n) is 5.68. The molecule has 15 heavy (non-hydrogen) atoms. The third kappa shape index (κ3) is 1.93. The molecule has 0 aromatic carbocycles. The lowest BCUT2D eigenvalue weighted by atomic mass is 10.0. The maximum Gasteiger partial charge on any atom is 0.0530 e. The van der Waals surface area contributed by atoms with E-state index in [0.717, 1.165) is 31.7 Å². The maximum absolute atomic E-state index is 5.50. The molecule has 86 valence electrons. The molecule has 0 radical (unpaired) electrons. The monoisotopic (exact) mass is 211 g/mol. The molecule has 0 bridgehead atoms. The summed E-state index contributed by atoms with van der Waals surface area (Å²) >= 11 is 0. The maximum atomic E-state index is 5.50. The number of likely N-dealkylation sites (tertiary alicyclic amines) is 1. The highest BCUT2D eigenvalue weighted by molar-refractivity contribution is 4.98. The van der Waals surface area contributed by atoms with Gasteiger partial charge in [0.15, 0.2) is 0 Å². The molecule has 0 N–H and O–H groups in total. The number of ether oxygens (including phenoxy) is 2. The molecule has 2 heterocycles. The minimum Gasteiger partial charge on any atom is -0.384 e. The normalized spacial score (nSPS) is 38.2. The Morgan fingerprint density at radius 1 is 1.27 bits per heavy atom. The van der Waals surface area contributed by atoms with Gasteiger partial charge in [-0.05, 0) is 12.8 Å². The fourth-order valence-corrected chi connectivity index (χ4v) is 3.22. The quantitative estimate of drug-likeness (QED) is 0.692. The van der Waals surface area contributed by atoms with E-state index in [1.54, 1.807) is 0 Å². The third-order valence-corrected chi connectivity index (χ3v) is 4.28. The molecule has 3 fully saturated rings. The summed E-state index contributed by atoms with van der Waals surface area (Å²) in [6, 6.07) is 0. The van der Waals surface area contributed by atoms with Crippen molar-refractivity contribution >= 4 is 0 Å². The van der Waals surface area contributed by atoms with Crippen LogP contribution in [0.25, 0.3) is 0 Å². The van der Waals surface area contributed by atoms with E-state index in [0.29, 0.717) is 5.41 Å². The highest BCUT2D eigenvalue weighted by atomic mass is 16.5. The summed E-state index contributed by atoms with van der Waals surface area (Å²) in [5, 5.41) is 0. The fraction of sp³-hybridized carbons (Fsp3) is 1.00. The third-order valence-electron chi connectivity index (χ3n) is 4.28. The standard InChI is InChI=1S/C12H21NO2/c1-14-9-12(2-3-12)8-13-4-10-6-15-7-11(10)5-13/h10-11H,2-9H2,1H3. The van der Waals surface area contributed by atoms with Gasteiger partial charge in [0.2, 0.25) is 0 Å². The molecule has 1 saturated carbocycles. The summed E-state index contributed by atoms with van der Waals surface area (Å²) < 4.78 is 10.8. The van der Waals surface area contributed by atoms with Crippen molar-refractivity contribution in [3.05, 3.63) is 0 Å². The van der Waals surface area contributed by atoms with Crippen molar-refractivity contribution in [2.24, 2.45) is 17.3 Å². The minimum absolute atomic E-state index is 0.522. The Balaban J connectivity index is 1.53. The van der Waals surface area contributed by atoms with Crippen LogP contribution in [0.1, 0.15) is 12.8 Å². The smallest absolute Gasteiger partial charge is 0.0530 e. The SMILES string of the molecule is COCC1(CN2CC3COCC3C2)CC1. The molecular weight excluding hydrogens is 190 g/mol. The molecular formula is C12H21NO2. The lowest BCUT2D eigenvalue weighted by Gasteiger charge is -2.23. The van der Waals surface area contributed by atoms with E-state index >= 15 is 0 Å². The molecule has 2 aliphatic heterocycles. The highest BCUT2D eigenvalue weighted by Crippen LogP contribution is 2.47. The van der Waals surface area contributed by atoms with Gasteiger partial charge in [-0.1, -0.05) is 0 Å². The first-order valence-corrected chi connectivity index (χ1v) is 6.10. The van der Waals surface area contributed by atoms with Crippen molar-refractivity contribution in [2.75, 3.05) is 46.6 Å². The topological polar surface area (TPSA) is 21.7 Å². The minimum atomic E-state index is 0.522. The van der Waals surface area contributed by atoms with E-state index in [2.05, 4.69) is 4.90 Å². The molecule has 0 spiro atoms. The summed E-state index contributed by atoms with van der Waals surface area (Å²) in [7, 11) is 1.83. The van der Waals surface area contributed by atoms with Gasteiger partial charge in [-0.25, -0.2) is 0 Å². The van der Waals surface area contributed by atoms with E-state index in [-0.39, 0.29) is 0 Å².